The normalized spacial score (nSPS) is 12.4. The number of sulfonamides is 1. The van der Waals surface area contributed by atoms with E-state index in [1.807, 2.05) is 0 Å². The van der Waals surface area contributed by atoms with Crippen LogP contribution in [0.25, 0.3) is 0 Å². The van der Waals surface area contributed by atoms with Crippen molar-refractivity contribution in [2.45, 2.75) is 36.4 Å². The summed E-state index contributed by atoms with van der Waals surface area (Å²) >= 11 is 0.335. The Morgan fingerprint density at radius 3 is 2.46 bits per heavy atom. The molecule has 1 aromatic carbocycles. The van der Waals surface area contributed by atoms with E-state index in [4.69, 9.17) is 0 Å². The smallest absolute Gasteiger partial charge is 0.419 e. The lowest BCUT2D eigenvalue weighted by molar-refractivity contribution is -0.140. The van der Waals surface area contributed by atoms with Gasteiger partial charge in [-0.05, 0) is 48.2 Å². The number of carbonyl (C=O) groups is 1. The van der Waals surface area contributed by atoms with Gasteiger partial charge in [-0.15, -0.1) is 3.71 Å². The van der Waals surface area contributed by atoms with E-state index < -0.39 is 32.8 Å². The second kappa shape index (κ2) is 8.50. The number of rotatable bonds is 7. The Kier molecular flexibility index (Phi) is 6.73. The number of aromatic carboxylic acids is 1. The third-order valence-electron chi connectivity index (χ3n) is 3.78. The number of carboxylic acids is 1. The van der Waals surface area contributed by atoms with Crippen LogP contribution in [0.5, 0.6) is 0 Å². The number of hydrogen-bond acceptors (Lipinski definition) is 5. The summed E-state index contributed by atoms with van der Waals surface area (Å²) in [5.74, 6) is -1.28. The predicted octanol–water partition coefficient (Wildman–Crippen LogP) is 4.08. The van der Waals surface area contributed by atoms with Crippen LogP contribution in [0.4, 0.5) is 13.2 Å². The fraction of sp³-hybridized carbons (Fsp3) is 0.294. The van der Waals surface area contributed by atoms with Crippen molar-refractivity contribution in [3.8, 4) is 0 Å². The molecule has 6 nitrogen and oxygen atoms in total. The molecule has 1 aromatic heterocycles. The van der Waals surface area contributed by atoms with E-state index >= 15 is 0 Å². The molecule has 152 valence electrons. The van der Waals surface area contributed by atoms with Crippen LogP contribution in [-0.2, 0) is 22.6 Å². The summed E-state index contributed by atoms with van der Waals surface area (Å²) in [6, 6.07) is 5.57. The monoisotopic (exact) mass is 434 g/mol. The molecule has 0 aliphatic heterocycles. The molecule has 0 aliphatic carbocycles. The number of nitrogens with zero attached hydrogens (tertiary/aromatic N) is 2. The predicted molar refractivity (Wildman–Crippen MR) is 97.4 cm³/mol. The molecule has 2 aromatic rings. The minimum Gasteiger partial charge on any atom is -0.478 e. The molecule has 28 heavy (non-hydrogen) atoms. The molecule has 0 radical (unpaired) electrons. The van der Waals surface area contributed by atoms with Gasteiger partial charge in [0.2, 0.25) is 0 Å². The van der Waals surface area contributed by atoms with Gasteiger partial charge in [0.15, 0.2) is 0 Å². The Morgan fingerprint density at radius 2 is 1.93 bits per heavy atom. The van der Waals surface area contributed by atoms with Crippen molar-refractivity contribution < 1.29 is 31.5 Å². The van der Waals surface area contributed by atoms with Gasteiger partial charge in [-0.2, -0.15) is 13.2 Å². The van der Waals surface area contributed by atoms with Gasteiger partial charge in [0.05, 0.1) is 16.0 Å². The number of hydrogen-bond donors (Lipinski definition) is 1. The molecule has 0 amide bonds. The Bertz CT molecular complexity index is 979. The SMILES string of the molecule is CCc1ccc(S(=O)(=O)N(CC)Sc2ncccc2C(F)(F)F)cc1C(=O)O. The first-order valence-corrected chi connectivity index (χ1v) is 10.3. The van der Waals surface area contributed by atoms with E-state index in [1.165, 1.54) is 19.1 Å². The van der Waals surface area contributed by atoms with Gasteiger partial charge < -0.3 is 5.11 Å². The first-order valence-electron chi connectivity index (χ1n) is 8.11. The third kappa shape index (κ3) is 4.65. The topological polar surface area (TPSA) is 87.6 Å². The lowest BCUT2D eigenvalue weighted by Gasteiger charge is -2.21. The Balaban J connectivity index is 2.48. The first-order chi connectivity index (χ1) is 13.0. The van der Waals surface area contributed by atoms with Crippen molar-refractivity contribution in [3.05, 3.63) is 53.2 Å². The summed E-state index contributed by atoms with van der Waals surface area (Å²) in [5.41, 5.74) is -0.772. The molecule has 11 heteroatoms. The van der Waals surface area contributed by atoms with Crippen molar-refractivity contribution in [2.24, 2.45) is 0 Å². The summed E-state index contributed by atoms with van der Waals surface area (Å²) in [5, 5.41) is 8.79. The highest BCUT2D eigenvalue weighted by Gasteiger charge is 2.36. The fourth-order valence-electron chi connectivity index (χ4n) is 2.40. The van der Waals surface area contributed by atoms with E-state index in [0.29, 0.717) is 23.9 Å². The highest BCUT2D eigenvalue weighted by Crippen LogP contribution is 2.38. The Labute approximate surface area is 164 Å². The minimum atomic E-state index is -4.70. The molecular formula is C17H17F3N2O4S2. The van der Waals surface area contributed by atoms with E-state index in [1.54, 1.807) is 6.92 Å². The molecule has 0 atom stereocenters. The van der Waals surface area contributed by atoms with Gasteiger partial charge in [-0.25, -0.2) is 18.2 Å². The second-order valence-electron chi connectivity index (χ2n) is 5.55. The molecule has 0 fully saturated rings. The number of benzene rings is 1. The van der Waals surface area contributed by atoms with Crippen molar-refractivity contribution in [3.63, 3.8) is 0 Å². The van der Waals surface area contributed by atoms with E-state index in [9.17, 15) is 31.5 Å². The summed E-state index contributed by atoms with van der Waals surface area (Å²) in [6.45, 7) is 3.03. The molecular weight excluding hydrogens is 417 g/mol. The molecule has 0 bridgehead atoms. The van der Waals surface area contributed by atoms with Gasteiger partial charge in [-0.1, -0.05) is 19.9 Å². The van der Waals surface area contributed by atoms with Gasteiger partial charge in [0.25, 0.3) is 10.0 Å². The van der Waals surface area contributed by atoms with Crippen LogP contribution in [0.1, 0.15) is 35.3 Å². The summed E-state index contributed by atoms with van der Waals surface area (Å²) < 4.78 is 66.0. The second-order valence-corrected chi connectivity index (χ2v) is 8.65. The molecule has 0 spiro atoms. The average Bonchev–Trinajstić information content (AvgIpc) is 2.64. The van der Waals surface area contributed by atoms with Crippen LogP contribution < -0.4 is 0 Å². The summed E-state index contributed by atoms with van der Waals surface area (Å²) in [4.78, 5) is 14.7. The fourth-order valence-corrected chi connectivity index (χ4v) is 5.06. The zero-order valence-corrected chi connectivity index (χ0v) is 16.5. The lowest BCUT2D eigenvalue weighted by Crippen LogP contribution is -2.25. The maximum Gasteiger partial charge on any atom is 0.419 e. The van der Waals surface area contributed by atoms with Crippen LogP contribution in [0.3, 0.4) is 0 Å². The van der Waals surface area contributed by atoms with Crippen LogP contribution in [0, 0.1) is 0 Å². The maximum absolute atomic E-state index is 13.2. The molecule has 0 unspecified atom stereocenters. The molecule has 0 saturated heterocycles. The highest BCUT2D eigenvalue weighted by molar-refractivity contribution is 8.08. The quantitative estimate of drug-likeness (QED) is 0.661. The number of pyridine rings is 1. The molecule has 0 aliphatic rings. The van der Waals surface area contributed by atoms with Gasteiger partial charge >= 0.3 is 12.1 Å². The number of carboxylic acid groups (broad SMARTS) is 1. The molecule has 1 N–H and O–H groups in total. The molecule has 0 saturated carbocycles. The van der Waals surface area contributed by atoms with E-state index in [0.717, 1.165) is 28.1 Å². The number of halogens is 3. The third-order valence-corrected chi connectivity index (χ3v) is 7.20. The maximum atomic E-state index is 13.2. The van der Waals surface area contributed by atoms with Crippen molar-refractivity contribution in [1.29, 1.82) is 0 Å². The number of aromatic nitrogens is 1. The van der Waals surface area contributed by atoms with Crippen LogP contribution in [0.2, 0.25) is 0 Å². The minimum absolute atomic E-state index is 0.154. The first kappa shape index (κ1) is 22.2. The number of aryl methyl sites for hydroxylation is 1. The Hall–Kier alpha value is -2.11. The van der Waals surface area contributed by atoms with Gasteiger partial charge in [-0.3, -0.25) is 0 Å². The molecule has 2 rings (SSSR count). The summed E-state index contributed by atoms with van der Waals surface area (Å²) in [6.07, 6.45) is -3.17. The van der Waals surface area contributed by atoms with E-state index in [-0.39, 0.29) is 17.0 Å². The van der Waals surface area contributed by atoms with E-state index in [2.05, 4.69) is 4.98 Å². The van der Waals surface area contributed by atoms with Crippen molar-refractivity contribution in [1.82, 2.24) is 8.69 Å². The Morgan fingerprint density at radius 1 is 1.25 bits per heavy atom. The van der Waals surface area contributed by atoms with Crippen molar-refractivity contribution in [2.75, 3.05) is 6.54 Å². The van der Waals surface area contributed by atoms with Gasteiger partial charge in [0.1, 0.15) is 5.03 Å². The lowest BCUT2D eigenvalue weighted by atomic mass is 10.1. The standard InChI is InChI=1S/C17H17F3N2O4S2/c1-3-11-7-8-12(10-13(11)16(23)24)28(25,26)22(4-2)27-15-14(17(18,19)20)6-5-9-21-15/h5-10H,3-4H2,1-2H3,(H,23,24). The highest BCUT2D eigenvalue weighted by atomic mass is 32.3. The van der Waals surface area contributed by atoms with Crippen LogP contribution in [0.15, 0.2) is 46.5 Å². The number of alkyl halides is 3. The zero-order valence-electron chi connectivity index (χ0n) is 14.9. The zero-order chi connectivity index (χ0) is 21.1. The largest absolute Gasteiger partial charge is 0.478 e. The van der Waals surface area contributed by atoms with Crippen molar-refractivity contribution >= 4 is 27.9 Å². The molecule has 1 heterocycles. The van der Waals surface area contributed by atoms with Crippen LogP contribution in [-0.4, -0.2) is 34.7 Å². The average molecular weight is 434 g/mol. The van der Waals surface area contributed by atoms with Crippen LogP contribution >= 0.6 is 11.9 Å². The summed E-state index contributed by atoms with van der Waals surface area (Å²) in [7, 11) is -4.27. The van der Waals surface area contributed by atoms with Gasteiger partial charge in [0, 0.05) is 12.7 Å².